The summed E-state index contributed by atoms with van der Waals surface area (Å²) in [5.41, 5.74) is 0.769. The molecule has 0 radical (unpaired) electrons. The van der Waals surface area contributed by atoms with E-state index in [0.29, 0.717) is 5.75 Å². The number of sulfonamides is 1. The Labute approximate surface area is 272 Å². The molecule has 1 aliphatic rings. The normalized spacial score (nSPS) is 22.9. The van der Waals surface area contributed by atoms with Crippen LogP contribution in [0.15, 0.2) is 53.4 Å². The van der Waals surface area contributed by atoms with Crippen molar-refractivity contribution in [1.29, 1.82) is 0 Å². The number of nitrogens with zero attached hydrogens (tertiary/aromatic N) is 1. The largest absolute Gasteiger partial charge is 0.350 e. The van der Waals surface area contributed by atoms with Gasteiger partial charge >= 0.3 is 0 Å². The zero-order valence-corrected chi connectivity index (χ0v) is 27.9. The standard InChI is InChI=1S/C30H39ClFN5O6S2/c1-18(2)27-30(41)35-24(12-13-44-4)29(40)33-19(3)28(39)34-22(14-20-8-6-5-7-9-20)16-37(17-26(38)36-27)45(42,43)25-11-10-21(32)15-23(25)31/h5-11,15,18-19,22,24,27H,12-14,16-17H2,1-4H3,(H,33,40)(H,34,39)(H,35,41)(H,36,38)/t19-,22+,24-,27-/m0/s1. The zero-order valence-electron chi connectivity index (χ0n) is 25.5. The minimum absolute atomic E-state index is 0.170. The Bertz CT molecular complexity index is 1480. The van der Waals surface area contributed by atoms with Gasteiger partial charge in [0.05, 0.1) is 11.6 Å². The maximum atomic E-state index is 14.0. The molecule has 0 saturated carbocycles. The lowest BCUT2D eigenvalue weighted by Crippen LogP contribution is -2.57. The summed E-state index contributed by atoms with van der Waals surface area (Å²) >= 11 is 7.63. The molecule has 0 aromatic heterocycles. The number of thioether (sulfide) groups is 1. The molecule has 246 valence electrons. The van der Waals surface area contributed by atoms with Crippen LogP contribution in [-0.4, -0.2) is 85.6 Å². The predicted molar refractivity (Wildman–Crippen MR) is 172 cm³/mol. The number of carbonyl (C=O) groups excluding carboxylic acids is 4. The van der Waals surface area contributed by atoms with Crippen LogP contribution in [0.3, 0.4) is 0 Å². The van der Waals surface area contributed by atoms with Crippen molar-refractivity contribution in [3.05, 3.63) is 64.9 Å². The molecule has 4 N–H and O–H groups in total. The van der Waals surface area contributed by atoms with E-state index in [1.807, 2.05) is 12.3 Å². The van der Waals surface area contributed by atoms with E-state index < -0.39 is 81.0 Å². The van der Waals surface area contributed by atoms with Crippen LogP contribution < -0.4 is 21.3 Å². The molecule has 0 aliphatic carbocycles. The molecule has 1 aliphatic heterocycles. The van der Waals surface area contributed by atoms with Crippen LogP contribution >= 0.6 is 23.4 Å². The fraction of sp³-hybridized carbons (Fsp3) is 0.467. The fourth-order valence-electron chi connectivity index (χ4n) is 4.76. The van der Waals surface area contributed by atoms with Gasteiger partial charge < -0.3 is 21.3 Å². The zero-order chi connectivity index (χ0) is 33.3. The van der Waals surface area contributed by atoms with E-state index in [-0.39, 0.29) is 24.4 Å². The van der Waals surface area contributed by atoms with Crippen molar-refractivity contribution in [2.75, 3.05) is 25.1 Å². The van der Waals surface area contributed by atoms with E-state index in [1.54, 1.807) is 38.1 Å². The molecule has 2 aromatic rings. The van der Waals surface area contributed by atoms with Gasteiger partial charge in [0.15, 0.2) is 0 Å². The summed E-state index contributed by atoms with van der Waals surface area (Å²) in [5.74, 6) is -3.25. The van der Waals surface area contributed by atoms with Crippen molar-refractivity contribution < 1.29 is 32.0 Å². The first-order valence-corrected chi connectivity index (χ1v) is 17.6. The molecule has 0 unspecified atom stereocenters. The number of hydrogen-bond donors (Lipinski definition) is 4. The average molecular weight is 684 g/mol. The first-order valence-electron chi connectivity index (χ1n) is 14.4. The first kappa shape index (κ1) is 36.3. The third kappa shape index (κ3) is 10.1. The topological polar surface area (TPSA) is 154 Å². The lowest BCUT2D eigenvalue weighted by molar-refractivity contribution is -0.134. The van der Waals surface area contributed by atoms with E-state index in [0.717, 1.165) is 28.1 Å². The quantitative estimate of drug-likeness (QED) is 0.332. The number of halogens is 2. The van der Waals surface area contributed by atoms with Gasteiger partial charge in [-0.05, 0) is 61.5 Å². The Morgan fingerprint density at radius 1 is 0.978 bits per heavy atom. The highest BCUT2D eigenvalue weighted by Gasteiger charge is 2.35. The van der Waals surface area contributed by atoms with Gasteiger partial charge in [0.2, 0.25) is 33.7 Å². The molecular formula is C30H39ClFN5O6S2. The molecule has 4 atom stereocenters. The molecule has 0 spiro atoms. The Kier molecular flexibility index (Phi) is 13.2. The second-order valence-corrected chi connectivity index (χ2v) is 14.4. The van der Waals surface area contributed by atoms with Gasteiger partial charge in [-0.2, -0.15) is 16.1 Å². The third-order valence-corrected chi connectivity index (χ3v) is 10.1. The van der Waals surface area contributed by atoms with E-state index >= 15 is 0 Å². The van der Waals surface area contributed by atoms with Crippen molar-refractivity contribution in [3.63, 3.8) is 0 Å². The minimum Gasteiger partial charge on any atom is -0.350 e. The van der Waals surface area contributed by atoms with Crippen molar-refractivity contribution in [3.8, 4) is 0 Å². The highest BCUT2D eigenvalue weighted by atomic mass is 35.5. The van der Waals surface area contributed by atoms with Crippen molar-refractivity contribution in [2.24, 2.45) is 5.92 Å². The van der Waals surface area contributed by atoms with Gasteiger partial charge in [-0.25, -0.2) is 12.8 Å². The second kappa shape index (κ2) is 16.4. The summed E-state index contributed by atoms with van der Waals surface area (Å²) in [4.78, 5) is 53.0. The summed E-state index contributed by atoms with van der Waals surface area (Å²) in [6, 6.07) is 7.76. The van der Waals surface area contributed by atoms with Gasteiger partial charge in [0.1, 0.15) is 28.8 Å². The summed E-state index contributed by atoms with van der Waals surface area (Å²) in [6.07, 6.45) is 2.29. The number of hydrogen-bond acceptors (Lipinski definition) is 7. The highest BCUT2D eigenvalue weighted by Crippen LogP contribution is 2.26. The van der Waals surface area contributed by atoms with Crippen LogP contribution in [-0.2, 0) is 35.6 Å². The Morgan fingerprint density at radius 2 is 1.67 bits per heavy atom. The second-order valence-electron chi connectivity index (χ2n) is 11.1. The van der Waals surface area contributed by atoms with Crippen LogP contribution in [0.25, 0.3) is 0 Å². The van der Waals surface area contributed by atoms with Gasteiger partial charge in [-0.1, -0.05) is 55.8 Å². The van der Waals surface area contributed by atoms with Gasteiger partial charge in [0, 0.05) is 12.6 Å². The number of carbonyl (C=O) groups is 4. The SMILES string of the molecule is CSCC[C@@H]1NC(=O)[C@H](C(C)C)NC(=O)CN(S(=O)(=O)c2ccc(F)cc2Cl)C[C@@H](Cc2ccccc2)NC(=O)[C@H](C)NC1=O. The Morgan fingerprint density at radius 3 is 2.29 bits per heavy atom. The van der Waals surface area contributed by atoms with Crippen LogP contribution in [0.2, 0.25) is 5.02 Å². The number of rotatable bonds is 8. The number of amides is 4. The molecule has 15 heteroatoms. The van der Waals surface area contributed by atoms with Crippen molar-refractivity contribution >= 4 is 57.0 Å². The minimum atomic E-state index is -4.54. The summed E-state index contributed by atoms with van der Waals surface area (Å²) in [6.45, 7) is 3.75. The van der Waals surface area contributed by atoms with Crippen LogP contribution in [0.4, 0.5) is 4.39 Å². The maximum absolute atomic E-state index is 14.0. The van der Waals surface area contributed by atoms with Crippen LogP contribution in [0.5, 0.6) is 0 Å². The van der Waals surface area contributed by atoms with Crippen molar-refractivity contribution in [1.82, 2.24) is 25.6 Å². The molecule has 3 rings (SSSR count). The van der Waals surface area contributed by atoms with E-state index in [1.165, 1.54) is 18.7 Å². The Hall–Kier alpha value is -3.20. The van der Waals surface area contributed by atoms with Crippen LogP contribution in [0, 0.1) is 11.7 Å². The average Bonchev–Trinajstić information content (AvgIpc) is 2.97. The molecule has 4 amide bonds. The lowest BCUT2D eigenvalue weighted by Gasteiger charge is -2.29. The number of nitrogens with one attached hydrogen (secondary N) is 4. The first-order chi connectivity index (χ1) is 21.2. The molecule has 1 heterocycles. The predicted octanol–water partition coefficient (Wildman–Crippen LogP) is 2.09. The Balaban J connectivity index is 2.10. The molecule has 2 aromatic carbocycles. The monoisotopic (exact) mass is 683 g/mol. The summed E-state index contributed by atoms with van der Waals surface area (Å²) in [5, 5.41) is 10.4. The van der Waals surface area contributed by atoms with Crippen molar-refractivity contribution in [2.45, 2.75) is 62.7 Å². The van der Waals surface area contributed by atoms with Gasteiger partial charge in [0.25, 0.3) is 0 Å². The maximum Gasteiger partial charge on any atom is 0.245 e. The third-order valence-electron chi connectivity index (χ3n) is 7.19. The van der Waals surface area contributed by atoms with Crippen LogP contribution in [0.1, 0.15) is 32.8 Å². The number of benzene rings is 2. The molecular weight excluding hydrogens is 645 g/mol. The van der Waals surface area contributed by atoms with E-state index in [2.05, 4.69) is 21.3 Å². The summed E-state index contributed by atoms with van der Waals surface area (Å²) < 4.78 is 42.6. The highest BCUT2D eigenvalue weighted by molar-refractivity contribution is 7.98. The molecule has 0 bridgehead atoms. The lowest BCUT2D eigenvalue weighted by atomic mass is 10.0. The van der Waals surface area contributed by atoms with Gasteiger partial charge in [-0.3, -0.25) is 19.2 Å². The molecule has 45 heavy (non-hydrogen) atoms. The fourth-order valence-corrected chi connectivity index (χ4v) is 7.18. The summed E-state index contributed by atoms with van der Waals surface area (Å²) in [7, 11) is -4.54. The molecule has 11 nitrogen and oxygen atoms in total. The van der Waals surface area contributed by atoms with E-state index in [9.17, 15) is 32.0 Å². The van der Waals surface area contributed by atoms with E-state index in [4.69, 9.17) is 11.6 Å². The smallest absolute Gasteiger partial charge is 0.245 e. The molecule has 1 fully saturated rings. The molecule has 1 saturated heterocycles. The van der Waals surface area contributed by atoms with Gasteiger partial charge in [-0.15, -0.1) is 0 Å².